The number of nitrogens with two attached hydrogens (primary N) is 1. The molecule has 4 nitrogen and oxygen atoms in total. The maximum absolute atomic E-state index is 7.46. The first-order valence-electron chi connectivity index (χ1n) is 6.93. The molecule has 4 heteroatoms. The lowest BCUT2D eigenvalue weighted by Crippen LogP contribution is -2.38. The number of rotatable bonds is 2. The number of nitrogen functional groups attached to an aromatic ring is 1. The summed E-state index contributed by atoms with van der Waals surface area (Å²) in [6.07, 6.45) is 4.18. The van der Waals surface area contributed by atoms with Crippen LogP contribution >= 0.6 is 0 Å². The van der Waals surface area contributed by atoms with E-state index in [1.807, 2.05) is 12.1 Å². The Morgan fingerprint density at radius 1 is 1.37 bits per heavy atom. The van der Waals surface area contributed by atoms with Crippen molar-refractivity contribution in [1.82, 2.24) is 4.98 Å². The Labute approximate surface area is 115 Å². The predicted molar refractivity (Wildman–Crippen MR) is 79.6 cm³/mol. The third-order valence-corrected chi connectivity index (χ3v) is 4.10. The van der Waals surface area contributed by atoms with Gasteiger partial charge in [-0.3, -0.25) is 10.4 Å². The Morgan fingerprint density at radius 3 is 2.53 bits per heavy atom. The molecule has 0 aliphatic carbocycles. The van der Waals surface area contributed by atoms with Crippen molar-refractivity contribution >= 4 is 11.5 Å². The summed E-state index contributed by atoms with van der Waals surface area (Å²) >= 11 is 0. The number of hydrogen-bond acceptors (Lipinski definition) is 3. The highest BCUT2D eigenvalue weighted by Gasteiger charge is 2.28. The zero-order valence-electron chi connectivity index (χ0n) is 12.1. The molecule has 1 aromatic rings. The van der Waals surface area contributed by atoms with Gasteiger partial charge in [-0.15, -0.1) is 0 Å². The van der Waals surface area contributed by atoms with Crippen LogP contribution in [0.3, 0.4) is 0 Å². The second-order valence-electron chi connectivity index (χ2n) is 6.44. The van der Waals surface area contributed by atoms with Crippen LogP contribution < -0.4 is 10.6 Å². The van der Waals surface area contributed by atoms with Gasteiger partial charge in [0.05, 0.1) is 0 Å². The van der Waals surface area contributed by atoms with E-state index in [1.54, 1.807) is 6.20 Å². The standard InChI is InChI=1S/C15H24N4/c1-15(2,3)11-5-8-19(9-6-11)12-4-7-18-13(10-12)14(16)17/h4,7,10-11H,5-6,8-9H2,1-3H3,(H3,16,17). The molecule has 19 heavy (non-hydrogen) atoms. The molecule has 0 radical (unpaired) electrons. The summed E-state index contributed by atoms with van der Waals surface area (Å²) in [5, 5.41) is 7.46. The normalized spacial score (nSPS) is 17.5. The Bertz CT molecular complexity index is 453. The first kappa shape index (κ1) is 13.8. The number of piperidine rings is 1. The van der Waals surface area contributed by atoms with Crippen LogP contribution in [0.15, 0.2) is 18.3 Å². The molecule has 0 amide bonds. The summed E-state index contributed by atoms with van der Waals surface area (Å²) in [4.78, 5) is 6.48. The molecule has 1 aromatic heterocycles. The molecule has 0 atom stereocenters. The average Bonchev–Trinajstić information content (AvgIpc) is 2.38. The van der Waals surface area contributed by atoms with Crippen molar-refractivity contribution in [3.8, 4) is 0 Å². The maximum Gasteiger partial charge on any atom is 0.141 e. The molecule has 1 aliphatic heterocycles. The fourth-order valence-corrected chi connectivity index (χ4v) is 2.77. The van der Waals surface area contributed by atoms with Crippen LogP contribution in [-0.2, 0) is 0 Å². The lowest BCUT2D eigenvalue weighted by Gasteiger charge is -2.39. The van der Waals surface area contributed by atoms with Crippen molar-refractivity contribution in [2.45, 2.75) is 33.6 Å². The second-order valence-corrected chi connectivity index (χ2v) is 6.44. The molecule has 2 rings (SSSR count). The highest BCUT2D eigenvalue weighted by molar-refractivity contribution is 5.93. The summed E-state index contributed by atoms with van der Waals surface area (Å²) < 4.78 is 0. The summed E-state index contributed by atoms with van der Waals surface area (Å²) in [5.41, 5.74) is 7.59. The van der Waals surface area contributed by atoms with E-state index in [0.29, 0.717) is 11.1 Å². The summed E-state index contributed by atoms with van der Waals surface area (Å²) in [6.45, 7) is 9.13. The molecule has 0 spiro atoms. The van der Waals surface area contributed by atoms with Gasteiger partial charge in [0.15, 0.2) is 0 Å². The number of nitrogens with one attached hydrogen (secondary N) is 1. The minimum atomic E-state index is 0.0337. The van der Waals surface area contributed by atoms with E-state index < -0.39 is 0 Å². The van der Waals surface area contributed by atoms with E-state index in [-0.39, 0.29) is 5.84 Å². The zero-order valence-corrected chi connectivity index (χ0v) is 12.1. The lowest BCUT2D eigenvalue weighted by molar-refractivity contribution is 0.199. The lowest BCUT2D eigenvalue weighted by atomic mass is 9.75. The number of anilines is 1. The highest BCUT2D eigenvalue weighted by Crippen LogP contribution is 2.35. The largest absolute Gasteiger partial charge is 0.382 e. The molecule has 0 unspecified atom stereocenters. The molecule has 0 saturated carbocycles. The first-order chi connectivity index (χ1) is 8.88. The van der Waals surface area contributed by atoms with Gasteiger partial charge in [-0.2, -0.15) is 0 Å². The van der Waals surface area contributed by atoms with Crippen LogP contribution in [0.2, 0.25) is 0 Å². The minimum Gasteiger partial charge on any atom is -0.382 e. The fourth-order valence-electron chi connectivity index (χ4n) is 2.77. The number of hydrogen-bond donors (Lipinski definition) is 2. The van der Waals surface area contributed by atoms with Crippen molar-refractivity contribution in [3.05, 3.63) is 24.0 Å². The smallest absolute Gasteiger partial charge is 0.141 e. The van der Waals surface area contributed by atoms with Crippen molar-refractivity contribution in [3.63, 3.8) is 0 Å². The SMILES string of the molecule is CC(C)(C)C1CCN(c2ccnc(C(=N)N)c2)CC1. The van der Waals surface area contributed by atoms with E-state index in [0.717, 1.165) is 24.7 Å². The van der Waals surface area contributed by atoms with Gasteiger partial charge in [-0.25, -0.2) is 0 Å². The van der Waals surface area contributed by atoms with Crippen molar-refractivity contribution in [2.24, 2.45) is 17.1 Å². The van der Waals surface area contributed by atoms with E-state index >= 15 is 0 Å². The van der Waals surface area contributed by atoms with E-state index in [1.165, 1.54) is 12.8 Å². The molecular weight excluding hydrogens is 236 g/mol. The molecule has 1 fully saturated rings. The van der Waals surface area contributed by atoms with Crippen LogP contribution in [0.1, 0.15) is 39.3 Å². The molecular formula is C15H24N4. The van der Waals surface area contributed by atoms with Gasteiger partial charge in [-0.1, -0.05) is 20.8 Å². The Kier molecular flexibility index (Phi) is 3.78. The van der Waals surface area contributed by atoms with Crippen LogP contribution in [-0.4, -0.2) is 23.9 Å². The second kappa shape index (κ2) is 5.19. The van der Waals surface area contributed by atoms with Gasteiger partial charge in [0, 0.05) is 25.0 Å². The van der Waals surface area contributed by atoms with Crippen molar-refractivity contribution < 1.29 is 0 Å². The van der Waals surface area contributed by atoms with E-state index in [4.69, 9.17) is 11.1 Å². The molecule has 1 aliphatic rings. The van der Waals surface area contributed by atoms with Crippen LogP contribution in [0.4, 0.5) is 5.69 Å². The molecule has 0 bridgehead atoms. The van der Waals surface area contributed by atoms with E-state index in [9.17, 15) is 0 Å². The van der Waals surface area contributed by atoms with E-state index in [2.05, 4.69) is 30.7 Å². The van der Waals surface area contributed by atoms with Gasteiger partial charge in [0.1, 0.15) is 11.5 Å². The minimum absolute atomic E-state index is 0.0337. The number of aromatic nitrogens is 1. The Hall–Kier alpha value is -1.58. The average molecular weight is 260 g/mol. The molecule has 1 saturated heterocycles. The van der Waals surface area contributed by atoms with Gasteiger partial charge in [-0.05, 0) is 36.3 Å². The maximum atomic E-state index is 7.46. The molecule has 104 valence electrons. The quantitative estimate of drug-likeness (QED) is 0.634. The van der Waals surface area contributed by atoms with Crippen LogP contribution in [0.25, 0.3) is 0 Å². The number of pyridine rings is 1. The molecule has 3 N–H and O–H groups in total. The van der Waals surface area contributed by atoms with Crippen LogP contribution in [0, 0.1) is 16.7 Å². The third kappa shape index (κ3) is 3.25. The topological polar surface area (TPSA) is 66.0 Å². The fraction of sp³-hybridized carbons (Fsp3) is 0.600. The summed E-state index contributed by atoms with van der Waals surface area (Å²) in [7, 11) is 0. The van der Waals surface area contributed by atoms with Gasteiger partial charge >= 0.3 is 0 Å². The zero-order chi connectivity index (χ0) is 14.0. The number of amidine groups is 1. The molecule has 0 aromatic carbocycles. The van der Waals surface area contributed by atoms with Gasteiger partial charge in [0.2, 0.25) is 0 Å². The summed E-state index contributed by atoms with van der Waals surface area (Å²) in [5.74, 6) is 0.823. The molecule has 2 heterocycles. The Morgan fingerprint density at radius 2 is 2.00 bits per heavy atom. The first-order valence-corrected chi connectivity index (χ1v) is 6.93. The monoisotopic (exact) mass is 260 g/mol. The third-order valence-electron chi connectivity index (χ3n) is 4.10. The predicted octanol–water partition coefficient (Wildman–Crippen LogP) is 2.63. The van der Waals surface area contributed by atoms with Crippen molar-refractivity contribution in [2.75, 3.05) is 18.0 Å². The van der Waals surface area contributed by atoms with Gasteiger partial charge in [0.25, 0.3) is 0 Å². The van der Waals surface area contributed by atoms with Crippen molar-refractivity contribution in [1.29, 1.82) is 5.41 Å². The van der Waals surface area contributed by atoms with Gasteiger partial charge < -0.3 is 10.6 Å². The highest BCUT2D eigenvalue weighted by atomic mass is 15.1. The summed E-state index contributed by atoms with van der Waals surface area (Å²) in [6, 6.07) is 3.92. The van der Waals surface area contributed by atoms with Crippen LogP contribution in [0.5, 0.6) is 0 Å². The Balaban J connectivity index is 2.05. The number of nitrogens with zero attached hydrogens (tertiary/aromatic N) is 2.